The smallest absolute Gasteiger partial charge is 0.416 e. The standard InChI is InChI=1S/C27H25F6N5O4/c28-26(29,30)17-7-1-5-15(13-17)21(16-6-2-8-18(14-16)27(31,32)33)38-12-4-9-19(23(38)40)22(39)37-20(24(41)42)10-3-11-36-25(34)35/h1-2,4-9,12-14,20-21H,3,10-11H2,(H,37,39)(H,41,42)(H4,34,35,36)/t20-/m0/s1. The lowest BCUT2D eigenvalue weighted by atomic mass is 9.95. The van der Waals surface area contributed by atoms with Crippen molar-refractivity contribution in [2.75, 3.05) is 6.54 Å². The highest BCUT2D eigenvalue weighted by atomic mass is 19.4. The van der Waals surface area contributed by atoms with Crippen molar-refractivity contribution in [2.24, 2.45) is 16.5 Å². The number of nitrogens with zero attached hydrogens (tertiary/aromatic N) is 2. The largest absolute Gasteiger partial charge is 0.480 e. The summed E-state index contributed by atoms with van der Waals surface area (Å²) < 4.78 is 81.8. The van der Waals surface area contributed by atoms with E-state index in [0.29, 0.717) is 12.1 Å². The summed E-state index contributed by atoms with van der Waals surface area (Å²) in [5, 5.41) is 11.7. The Kier molecular flexibility index (Phi) is 9.65. The Morgan fingerprint density at radius 2 is 1.45 bits per heavy atom. The molecule has 0 aliphatic heterocycles. The average Bonchev–Trinajstić information content (AvgIpc) is 2.90. The number of benzene rings is 2. The van der Waals surface area contributed by atoms with Gasteiger partial charge < -0.3 is 26.5 Å². The molecule has 6 N–H and O–H groups in total. The van der Waals surface area contributed by atoms with Crippen molar-refractivity contribution in [2.45, 2.75) is 37.3 Å². The Hall–Kier alpha value is -4.82. The summed E-state index contributed by atoms with van der Waals surface area (Å²) >= 11 is 0. The molecule has 2 aromatic carbocycles. The number of nitrogens with two attached hydrogens (primary N) is 2. The van der Waals surface area contributed by atoms with Gasteiger partial charge in [-0.3, -0.25) is 14.6 Å². The lowest BCUT2D eigenvalue weighted by molar-refractivity contribution is -0.139. The van der Waals surface area contributed by atoms with Crippen molar-refractivity contribution in [1.29, 1.82) is 0 Å². The number of halogens is 6. The molecule has 0 radical (unpaired) electrons. The van der Waals surface area contributed by atoms with Crippen molar-refractivity contribution in [1.82, 2.24) is 9.88 Å². The van der Waals surface area contributed by atoms with Crippen molar-refractivity contribution in [3.63, 3.8) is 0 Å². The zero-order valence-corrected chi connectivity index (χ0v) is 21.6. The fourth-order valence-corrected chi connectivity index (χ4v) is 4.17. The number of nitrogens with one attached hydrogen (secondary N) is 1. The van der Waals surface area contributed by atoms with Crippen LogP contribution in [0.15, 0.2) is 76.6 Å². The Balaban J connectivity index is 2.09. The van der Waals surface area contributed by atoms with E-state index in [9.17, 15) is 45.8 Å². The van der Waals surface area contributed by atoms with Gasteiger partial charge in [-0.15, -0.1) is 0 Å². The van der Waals surface area contributed by atoms with Gasteiger partial charge in [-0.25, -0.2) is 4.79 Å². The van der Waals surface area contributed by atoms with Crippen LogP contribution < -0.4 is 22.3 Å². The molecule has 0 aliphatic rings. The minimum atomic E-state index is -4.80. The first-order valence-corrected chi connectivity index (χ1v) is 12.2. The van der Waals surface area contributed by atoms with E-state index in [2.05, 4.69) is 10.3 Å². The summed E-state index contributed by atoms with van der Waals surface area (Å²) in [6, 6.07) is 6.68. The number of hydrogen-bond acceptors (Lipinski definition) is 4. The van der Waals surface area contributed by atoms with E-state index in [1.807, 2.05) is 0 Å². The van der Waals surface area contributed by atoms with E-state index in [0.717, 1.165) is 41.1 Å². The predicted octanol–water partition coefficient (Wildman–Crippen LogP) is 3.76. The van der Waals surface area contributed by atoms with Gasteiger partial charge in [0, 0.05) is 12.7 Å². The van der Waals surface area contributed by atoms with Gasteiger partial charge in [0.15, 0.2) is 5.96 Å². The fourth-order valence-electron chi connectivity index (χ4n) is 4.17. The van der Waals surface area contributed by atoms with E-state index in [-0.39, 0.29) is 36.5 Å². The molecule has 3 rings (SSSR count). The maximum atomic E-state index is 13.5. The van der Waals surface area contributed by atoms with Crippen molar-refractivity contribution in [3.05, 3.63) is 105 Å². The lowest BCUT2D eigenvalue weighted by Gasteiger charge is -2.23. The van der Waals surface area contributed by atoms with Crippen LogP contribution in [0.1, 0.15) is 51.5 Å². The number of carbonyl (C=O) groups is 2. The van der Waals surface area contributed by atoms with Crippen LogP contribution in [0.3, 0.4) is 0 Å². The van der Waals surface area contributed by atoms with Crippen molar-refractivity contribution < 1.29 is 41.0 Å². The number of aliphatic imine (C=N–C) groups is 1. The molecule has 42 heavy (non-hydrogen) atoms. The number of guanidine groups is 1. The van der Waals surface area contributed by atoms with Gasteiger partial charge in [0.05, 0.1) is 17.2 Å². The summed E-state index contributed by atoms with van der Waals surface area (Å²) in [5.41, 5.74) is 6.17. The number of aliphatic carboxylic acids is 1. The number of carboxylic acids is 1. The van der Waals surface area contributed by atoms with Crippen molar-refractivity contribution in [3.8, 4) is 0 Å². The predicted molar refractivity (Wildman–Crippen MR) is 140 cm³/mol. The first-order valence-electron chi connectivity index (χ1n) is 12.2. The van der Waals surface area contributed by atoms with Gasteiger partial charge in [-0.1, -0.05) is 24.3 Å². The zero-order valence-electron chi connectivity index (χ0n) is 21.6. The first-order chi connectivity index (χ1) is 19.6. The topological polar surface area (TPSA) is 153 Å². The number of rotatable bonds is 10. The van der Waals surface area contributed by atoms with Crippen LogP contribution in [0.4, 0.5) is 26.3 Å². The molecule has 9 nitrogen and oxygen atoms in total. The highest BCUT2D eigenvalue weighted by molar-refractivity contribution is 5.96. The second-order valence-corrected chi connectivity index (χ2v) is 9.10. The molecule has 0 saturated heterocycles. The van der Waals surface area contributed by atoms with Gasteiger partial charge in [0.2, 0.25) is 0 Å². The van der Waals surface area contributed by atoms with Crippen LogP contribution in [0, 0.1) is 0 Å². The van der Waals surface area contributed by atoms with E-state index in [4.69, 9.17) is 11.5 Å². The number of pyridine rings is 1. The van der Waals surface area contributed by atoms with Gasteiger partial charge in [-0.05, 0) is 60.4 Å². The van der Waals surface area contributed by atoms with Crippen LogP contribution in [-0.2, 0) is 17.1 Å². The molecule has 0 saturated carbocycles. The molecule has 224 valence electrons. The molecule has 1 aromatic heterocycles. The Morgan fingerprint density at radius 1 is 0.905 bits per heavy atom. The van der Waals surface area contributed by atoms with Gasteiger partial charge >= 0.3 is 18.3 Å². The second kappa shape index (κ2) is 12.8. The third kappa shape index (κ3) is 7.89. The number of amides is 1. The summed E-state index contributed by atoms with van der Waals surface area (Å²) in [6.07, 6.45) is -8.45. The first kappa shape index (κ1) is 31.7. The number of carboxylic acid groups (broad SMARTS) is 1. The minimum absolute atomic E-state index is 0.0653. The number of carbonyl (C=O) groups excluding carboxylic acids is 1. The average molecular weight is 598 g/mol. The van der Waals surface area contributed by atoms with Crippen LogP contribution in [-0.4, -0.2) is 40.1 Å². The molecule has 0 unspecified atom stereocenters. The third-order valence-electron chi connectivity index (χ3n) is 6.11. The molecule has 15 heteroatoms. The SMILES string of the molecule is NC(N)=NCCC[C@H](NC(=O)c1cccn(C(c2cccc(C(F)(F)F)c2)c2cccc(C(F)(F)F)c2)c1=O)C(=O)O. The Morgan fingerprint density at radius 3 is 1.93 bits per heavy atom. The molecule has 1 heterocycles. The van der Waals surface area contributed by atoms with Crippen LogP contribution in [0.2, 0.25) is 0 Å². The molecule has 0 bridgehead atoms. The van der Waals surface area contributed by atoms with E-state index < -0.39 is 58.6 Å². The molecule has 0 fully saturated rings. The van der Waals surface area contributed by atoms with Crippen LogP contribution in [0.5, 0.6) is 0 Å². The highest BCUT2D eigenvalue weighted by Crippen LogP contribution is 2.36. The van der Waals surface area contributed by atoms with Gasteiger partial charge in [0.1, 0.15) is 11.6 Å². The number of aromatic nitrogens is 1. The number of hydrogen-bond donors (Lipinski definition) is 4. The summed E-state index contributed by atoms with van der Waals surface area (Å²) in [6.45, 7) is 0.0653. The lowest BCUT2D eigenvalue weighted by Crippen LogP contribution is -2.43. The summed E-state index contributed by atoms with van der Waals surface area (Å²) in [4.78, 5) is 41.9. The van der Waals surface area contributed by atoms with E-state index in [1.165, 1.54) is 18.2 Å². The van der Waals surface area contributed by atoms with Crippen molar-refractivity contribution >= 4 is 17.8 Å². The van der Waals surface area contributed by atoms with Gasteiger partial charge in [-0.2, -0.15) is 26.3 Å². The summed E-state index contributed by atoms with van der Waals surface area (Å²) in [7, 11) is 0. The van der Waals surface area contributed by atoms with Crippen LogP contribution >= 0.6 is 0 Å². The fraction of sp³-hybridized carbons (Fsp3) is 0.259. The molecular formula is C27H25F6N5O4. The van der Waals surface area contributed by atoms with E-state index in [1.54, 1.807) is 0 Å². The zero-order chi connectivity index (χ0) is 31.2. The Bertz CT molecular complexity index is 1470. The summed E-state index contributed by atoms with van der Waals surface area (Å²) in [5.74, 6) is -2.75. The van der Waals surface area contributed by atoms with Gasteiger partial charge in [0.25, 0.3) is 11.5 Å². The molecular weight excluding hydrogens is 572 g/mol. The normalized spacial score (nSPS) is 12.5. The molecule has 1 amide bonds. The Labute approximate surface area is 234 Å². The maximum absolute atomic E-state index is 13.5. The number of alkyl halides is 6. The molecule has 0 aliphatic carbocycles. The molecule has 3 aromatic rings. The van der Waals surface area contributed by atoms with E-state index >= 15 is 0 Å². The van der Waals surface area contributed by atoms with Crippen LogP contribution in [0.25, 0.3) is 0 Å². The quantitative estimate of drug-likeness (QED) is 0.121. The monoisotopic (exact) mass is 597 g/mol. The molecule has 1 atom stereocenters. The molecule has 0 spiro atoms. The second-order valence-electron chi connectivity index (χ2n) is 9.10. The maximum Gasteiger partial charge on any atom is 0.416 e. The minimum Gasteiger partial charge on any atom is -0.480 e. The third-order valence-corrected chi connectivity index (χ3v) is 6.11. The highest BCUT2D eigenvalue weighted by Gasteiger charge is 2.34.